The molecule has 0 saturated heterocycles. The van der Waals surface area contributed by atoms with Crippen molar-refractivity contribution in [3.05, 3.63) is 0 Å². The predicted octanol–water partition coefficient (Wildman–Crippen LogP) is -0.460. The molecule has 1 fully saturated rings. The van der Waals surface area contributed by atoms with E-state index in [1.807, 2.05) is 0 Å². The van der Waals surface area contributed by atoms with Crippen LogP contribution in [0.2, 0.25) is 0 Å². The third-order valence-corrected chi connectivity index (χ3v) is 3.27. The SMILES string of the molecule is CC1(C)CC(C(=O)O)C(C(=O)O)C(O)C1O. The molecule has 1 rings (SSSR count). The maximum Gasteiger partial charge on any atom is 0.310 e. The molecule has 0 aromatic carbocycles. The minimum absolute atomic E-state index is 0.0253. The maximum absolute atomic E-state index is 11.0. The number of hydrogen-bond donors (Lipinski definition) is 4. The Balaban J connectivity index is 3.08. The van der Waals surface area contributed by atoms with Gasteiger partial charge in [-0.25, -0.2) is 0 Å². The van der Waals surface area contributed by atoms with E-state index in [1.54, 1.807) is 13.8 Å². The van der Waals surface area contributed by atoms with Crippen LogP contribution in [0.4, 0.5) is 0 Å². The van der Waals surface area contributed by atoms with E-state index >= 15 is 0 Å². The summed E-state index contributed by atoms with van der Waals surface area (Å²) in [6, 6.07) is 0. The van der Waals surface area contributed by atoms with E-state index in [-0.39, 0.29) is 6.42 Å². The number of rotatable bonds is 2. The molecule has 1 saturated carbocycles. The van der Waals surface area contributed by atoms with Gasteiger partial charge < -0.3 is 20.4 Å². The number of carbonyl (C=O) groups is 2. The quantitative estimate of drug-likeness (QED) is 0.512. The number of carboxylic acids is 2. The normalized spacial score (nSPS) is 38.0. The number of aliphatic hydroxyl groups excluding tert-OH is 2. The number of hydrogen-bond acceptors (Lipinski definition) is 4. The van der Waals surface area contributed by atoms with E-state index in [2.05, 4.69) is 0 Å². The molecular weight excluding hydrogens is 216 g/mol. The van der Waals surface area contributed by atoms with Crippen molar-refractivity contribution < 1.29 is 30.0 Å². The highest BCUT2D eigenvalue weighted by Gasteiger charge is 2.53. The Morgan fingerprint density at radius 2 is 1.62 bits per heavy atom. The molecule has 0 spiro atoms. The molecule has 92 valence electrons. The third-order valence-electron chi connectivity index (χ3n) is 3.27. The Bertz CT molecular complexity index is 310. The molecule has 0 radical (unpaired) electrons. The highest BCUT2D eigenvalue weighted by molar-refractivity contribution is 5.81. The van der Waals surface area contributed by atoms with Crippen LogP contribution in [0.25, 0.3) is 0 Å². The summed E-state index contributed by atoms with van der Waals surface area (Å²) in [5, 5.41) is 37.2. The van der Waals surface area contributed by atoms with Crippen LogP contribution in [0.5, 0.6) is 0 Å². The summed E-state index contributed by atoms with van der Waals surface area (Å²) in [5.41, 5.74) is -0.811. The average Bonchev–Trinajstić information content (AvgIpc) is 2.12. The molecule has 4 unspecified atom stereocenters. The van der Waals surface area contributed by atoms with Gasteiger partial charge in [-0.3, -0.25) is 9.59 Å². The van der Waals surface area contributed by atoms with E-state index in [0.717, 1.165) is 0 Å². The van der Waals surface area contributed by atoms with Crippen molar-refractivity contribution in [1.82, 2.24) is 0 Å². The molecule has 0 aromatic rings. The van der Waals surface area contributed by atoms with E-state index in [1.165, 1.54) is 0 Å². The first kappa shape index (κ1) is 12.9. The maximum atomic E-state index is 11.0. The van der Waals surface area contributed by atoms with Gasteiger partial charge in [0, 0.05) is 0 Å². The second-order valence-corrected chi connectivity index (χ2v) is 4.94. The lowest BCUT2D eigenvalue weighted by Crippen LogP contribution is -2.56. The third kappa shape index (κ3) is 2.03. The lowest BCUT2D eigenvalue weighted by molar-refractivity contribution is -0.181. The van der Waals surface area contributed by atoms with Crippen molar-refractivity contribution in [3.63, 3.8) is 0 Å². The van der Waals surface area contributed by atoms with Gasteiger partial charge in [-0.1, -0.05) is 13.8 Å². The summed E-state index contributed by atoms with van der Waals surface area (Å²) in [7, 11) is 0. The van der Waals surface area contributed by atoms with Gasteiger partial charge in [0.05, 0.1) is 24.0 Å². The summed E-state index contributed by atoms with van der Waals surface area (Å²) < 4.78 is 0. The van der Waals surface area contributed by atoms with Crippen molar-refractivity contribution in [2.24, 2.45) is 17.3 Å². The van der Waals surface area contributed by atoms with Gasteiger partial charge in [0.1, 0.15) is 0 Å². The zero-order chi connectivity index (χ0) is 12.7. The molecule has 1 aliphatic carbocycles. The summed E-state index contributed by atoms with van der Waals surface area (Å²) in [6.45, 7) is 3.21. The highest BCUT2D eigenvalue weighted by atomic mass is 16.4. The Morgan fingerprint density at radius 1 is 1.12 bits per heavy atom. The molecular formula is C10H16O6. The van der Waals surface area contributed by atoms with E-state index in [4.69, 9.17) is 10.2 Å². The van der Waals surface area contributed by atoms with Crippen molar-refractivity contribution in [2.45, 2.75) is 32.5 Å². The minimum Gasteiger partial charge on any atom is -0.481 e. The highest BCUT2D eigenvalue weighted by Crippen LogP contribution is 2.42. The molecule has 0 heterocycles. The van der Waals surface area contributed by atoms with Gasteiger partial charge in [0.25, 0.3) is 0 Å². The fourth-order valence-corrected chi connectivity index (χ4v) is 2.27. The second-order valence-electron chi connectivity index (χ2n) is 4.94. The lowest BCUT2D eigenvalue weighted by Gasteiger charge is -2.44. The van der Waals surface area contributed by atoms with Crippen LogP contribution >= 0.6 is 0 Å². The smallest absolute Gasteiger partial charge is 0.310 e. The first-order valence-corrected chi connectivity index (χ1v) is 5.00. The number of aliphatic hydroxyl groups is 2. The monoisotopic (exact) mass is 232 g/mol. The van der Waals surface area contributed by atoms with Crippen molar-refractivity contribution in [2.75, 3.05) is 0 Å². The molecule has 0 bridgehead atoms. The Kier molecular flexibility index (Phi) is 3.25. The van der Waals surface area contributed by atoms with E-state index in [9.17, 15) is 19.8 Å². The van der Waals surface area contributed by atoms with Crippen LogP contribution in [-0.4, -0.2) is 44.6 Å². The summed E-state index contributed by atoms with van der Waals surface area (Å²) in [6.07, 6.45) is -2.76. The van der Waals surface area contributed by atoms with E-state index < -0.39 is 41.4 Å². The molecule has 6 heteroatoms. The van der Waals surface area contributed by atoms with E-state index in [0.29, 0.717) is 0 Å². The van der Waals surface area contributed by atoms with Crippen molar-refractivity contribution >= 4 is 11.9 Å². The molecule has 16 heavy (non-hydrogen) atoms. The average molecular weight is 232 g/mol. The molecule has 0 aromatic heterocycles. The van der Waals surface area contributed by atoms with Crippen molar-refractivity contribution in [3.8, 4) is 0 Å². The molecule has 6 nitrogen and oxygen atoms in total. The molecule has 0 aliphatic heterocycles. The van der Waals surface area contributed by atoms with Gasteiger partial charge in [0.15, 0.2) is 0 Å². The zero-order valence-corrected chi connectivity index (χ0v) is 9.12. The number of carboxylic acid groups (broad SMARTS) is 2. The Labute approximate surface area is 92.5 Å². The first-order chi connectivity index (χ1) is 7.18. The second kappa shape index (κ2) is 4.03. The number of aliphatic carboxylic acids is 2. The van der Waals surface area contributed by atoms with Crippen LogP contribution in [0, 0.1) is 17.3 Å². The first-order valence-electron chi connectivity index (χ1n) is 5.00. The van der Waals surface area contributed by atoms with Gasteiger partial charge in [-0.2, -0.15) is 0 Å². The molecule has 1 aliphatic rings. The van der Waals surface area contributed by atoms with Gasteiger partial charge in [0.2, 0.25) is 0 Å². The van der Waals surface area contributed by atoms with Gasteiger partial charge in [-0.05, 0) is 11.8 Å². The predicted molar refractivity (Wildman–Crippen MR) is 52.7 cm³/mol. The largest absolute Gasteiger partial charge is 0.481 e. The molecule has 0 amide bonds. The van der Waals surface area contributed by atoms with Crippen LogP contribution in [0.3, 0.4) is 0 Å². The minimum atomic E-state index is -1.55. The van der Waals surface area contributed by atoms with Gasteiger partial charge in [-0.15, -0.1) is 0 Å². The molecule has 4 N–H and O–H groups in total. The Hall–Kier alpha value is -1.14. The van der Waals surface area contributed by atoms with Gasteiger partial charge >= 0.3 is 11.9 Å². The lowest BCUT2D eigenvalue weighted by atomic mass is 9.64. The molecule has 4 atom stereocenters. The summed E-state index contributed by atoms with van der Waals surface area (Å²) >= 11 is 0. The van der Waals surface area contributed by atoms with Crippen LogP contribution < -0.4 is 0 Å². The zero-order valence-electron chi connectivity index (χ0n) is 9.12. The fraction of sp³-hybridized carbons (Fsp3) is 0.800. The summed E-state index contributed by atoms with van der Waals surface area (Å²) in [4.78, 5) is 21.9. The van der Waals surface area contributed by atoms with Crippen LogP contribution in [0.1, 0.15) is 20.3 Å². The topological polar surface area (TPSA) is 115 Å². The van der Waals surface area contributed by atoms with Crippen LogP contribution in [0.15, 0.2) is 0 Å². The summed E-state index contributed by atoms with van der Waals surface area (Å²) in [5.74, 6) is -5.28. The van der Waals surface area contributed by atoms with Crippen molar-refractivity contribution in [1.29, 1.82) is 0 Å². The van der Waals surface area contributed by atoms with Crippen LogP contribution in [-0.2, 0) is 9.59 Å². The standard InChI is InChI=1S/C10H16O6/c1-10(2)3-4(8(13)14)5(9(15)16)6(11)7(10)12/h4-7,11-12H,3H2,1-2H3,(H,13,14)(H,15,16). The fourth-order valence-electron chi connectivity index (χ4n) is 2.27. The Morgan fingerprint density at radius 3 is 2.00 bits per heavy atom.